The van der Waals surface area contributed by atoms with E-state index in [0.717, 1.165) is 16.8 Å². The molecule has 0 bridgehead atoms. The van der Waals surface area contributed by atoms with E-state index in [1.807, 2.05) is 68.6 Å². The van der Waals surface area contributed by atoms with E-state index < -0.39 is 12.1 Å². The highest BCUT2D eigenvalue weighted by Crippen LogP contribution is 2.22. The van der Waals surface area contributed by atoms with E-state index >= 15 is 0 Å². The summed E-state index contributed by atoms with van der Waals surface area (Å²) < 4.78 is 33.5. The number of carbonyl (C=O) groups excluding carboxylic acids is 1. The molecule has 0 saturated heterocycles. The molecule has 0 aliphatic heterocycles. The highest BCUT2D eigenvalue weighted by molar-refractivity contribution is 6.05. The van der Waals surface area contributed by atoms with Crippen molar-refractivity contribution < 1.29 is 27.9 Å². The van der Waals surface area contributed by atoms with Crippen LogP contribution < -0.4 is 11.1 Å². The predicted octanol–water partition coefficient (Wildman–Crippen LogP) is 3.66. The van der Waals surface area contributed by atoms with E-state index in [-0.39, 0.29) is 11.9 Å². The van der Waals surface area contributed by atoms with Gasteiger partial charge in [-0.1, -0.05) is 35.5 Å². The lowest BCUT2D eigenvalue weighted by atomic mass is 10.0. The Balaban J connectivity index is 0.000000451. The average molecular weight is 449 g/mol. The molecule has 170 valence electrons. The van der Waals surface area contributed by atoms with Crippen LogP contribution in [0.3, 0.4) is 0 Å². The van der Waals surface area contributed by atoms with Gasteiger partial charge in [-0.3, -0.25) is 4.79 Å². The molecule has 2 aromatic carbocycles. The molecule has 0 fully saturated rings. The second-order valence-corrected chi connectivity index (χ2v) is 6.82. The minimum Gasteiger partial charge on any atom is -0.475 e. The molecule has 3 rings (SSSR count). The molecule has 0 saturated carbocycles. The van der Waals surface area contributed by atoms with E-state index in [9.17, 15) is 18.0 Å². The molecule has 0 aliphatic carbocycles. The largest absolute Gasteiger partial charge is 0.490 e. The molecular formula is C21H22F3N5O3. The summed E-state index contributed by atoms with van der Waals surface area (Å²) in [6.45, 7) is 4.38. The number of nitrogens with zero attached hydrogens (tertiary/aromatic N) is 3. The molecule has 0 spiro atoms. The van der Waals surface area contributed by atoms with Crippen LogP contribution in [-0.4, -0.2) is 44.7 Å². The van der Waals surface area contributed by atoms with Gasteiger partial charge in [0.05, 0.1) is 12.2 Å². The van der Waals surface area contributed by atoms with Gasteiger partial charge >= 0.3 is 12.1 Å². The number of alkyl halides is 3. The van der Waals surface area contributed by atoms with E-state index in [4.69, 9.17) is 15.6 Å². The first kappa shape index (κ1) is 24.5. The number of carboxylic acids is 1. The molecule has 4 N–H and O–H groups in total. The van der Waals surface area contributed by atoms with Crippen molar-refractivity contribution in [1.29, 1.82) is 0 Å². The molecule has 1 amide bonds. The molecule has 0 radical (unpaired) electrons. The number of benzene rings is 2. The van der Waals surface area contributed by atoms with Gasteiger partial charge in [-0.05, 0) is 37.6 Å². The summed E-state index contributed by atoms with van der Waals surface area (Å²) >= 11 is 0. The standard InChI is InChI=1S/C19H21N5O.C2HF3O2/c1-13-8-9-15(18-12-24(23-22-18)14(2)11-20)10-17(13)19(25)21-16-6-4-3-5-7-16;3-2(4,5)1(6)7/h3-10,12,14H,11,20H2,1-2H3,(H,21,25);(H,6,7)/t14-;/m0./s1. The lowest BCUT2D eigenvalue weighted by Crippen LogP contribution is -2.21. The van der Waals surface area contributed by atoms with Gasteiger partial charge < -0.3 is 16.2 Å². The smallest absolute Gasteiger partial charge is 0.475 e. The molecule has 11 heteroatoms. The zero-order valence-corrected chi connectivity index (χ0v) is 17.3. The number of carbonyl (C=O) groups is 2. The number of aliphatic carboxylic acids is 1. The van der Waals surface area contributed by atoms with Crippen molar-refractivity contribution in [2.45, 2.75) is 26.1 Å². The van der Waals surface area contributed by atoms with Crippen molar-refractivity contribution in [2.75, 3.05) is 11.9 Å². The van der Waals surface area contributed by atoms with Crippen LogP contribution in [0.15, 0.2) is 54.7 Å². The Kier molecular flexibility index (Phi) is 8.08. The Morgan fingerprint density at radius 1 is 1.19 bits per heavy atom. The maximum Gasteiger partial charge on any atom is 0.490 e. The molecule has 3 aromatic rings. The number of hydrogen-bond acceptors (Lipinski definition) is 5. The Morgan fingerprint density at radius 3 is 2.38 bits per heavy atom. The third kappa shape index (κ3) is 6.64. The minimum absolute atomic E-state index is 0.0764. The third-order valence-electron chi connectivity index (χ3n) is 4.36. The summed E-state index contributed by atoms with van der Waals surface area (Å²) in [6, 6.07) is 15.2. The van der Waals surface area contributed by atoms with Gasteiger partial charge in [0.15, 0.2) is 0 Å². The van der Waals surface area contributed by atoms with Crippen LogP contribution in [0.25, 0.3) is 11.3 Å². The van der Waals surface area contributed by atoms with E-state index in [2.05, 4.69) is 15.6 Å². The van der Waals surface area contributed by atoms with Crippen LogP contribution in [0.2, 0.25) is 0 Å². The van der Waals surface area contributed by atoms with E-state index in [1.165, 1.54) is 0 Å². The highest BCUT2D eigenvalue weighted by atomic mass is 19.4. The molecule has 32 heavy (non-hydrogen) atoms. The van der Waals surface area contributed by atoms with Gasteiger partial charge in [-0.15, -0.1) is 5.10 Å². The molecule has 0 aliphatic rings. The fourth-order valence-corrected chi connectivity index (χ4v) is 2.48. The zero-order chi connectivity index (χ0) is 23.9. The number of nitrogens with two attached hydrogens (primary N) is 1. The summed E-state index contributed by atoms with van der Waals surface area (Å²) in [4.78, 5) is 21.5. The summed E-state index contributed by atoms with van der Waals surface area (Å²) in [5.74, 6) is -2.90. The minimum atomic E-state index is -5.08. The molecule has 1 atom stereocenters. The molecule has 8 nitrogen and oxygen atoms in total. The number of carboxylic acid groups (broad SMARTS) is 1. The highest BCUT2D eigenvalue weighted by Gasteiger charge is 2.38. The van der Waals surface area contributed by atoms with Crippen molar-refractivity contribution in [3.63, 3.8) is 0 Å². The van der Waals surface area contributed by atoms with E-state index in [0.29, 0.717) is 17.8 Å². The quantitative estimate of drug-likeness (QED) is 0.546. The van der Waals surface area contributed by atoms with Crippen LogP contribution in [0.5, 0.6) is 0 Å². The lowest BCUT2D eigenvalue weighted by Gasteiger charge is -2.09. The number of anilines is 1. The summed E-state index contributed by atoms with van der Waals surface area (Å²) in [5, 5.41) is 18.3. The SMILES string of the molecule is Cc1ccc(-c2cn([C@@H](C)CN)nn2)cc1C(=O)Nc1ccccc1.O=C(O)C(F)(F)F. The van der Waals surface area contributed by atoms with Crippen molar-refractivity contribution in [3.8, 4) is 11.3 Å². The van der Waals surface area contributed by atoms with Crippen LogP contribution in [0.1, 0.15) is 28.9 Å². The number of para-hydroxylation sites is 1. The fraction of sp³-hybridized carbons (Fsp3) is 0.238. The number of nitrogens with one attached hydrogen (secondary N) is 1. The van der Waals surface area contributed by atoms with Gasteiger partial charge in [0, 0.05) is 23.4 Å². The molecular weight excluding hydrogens is 427 g/mol. The molecule has 1 aromatic heterocycles. The number of aryl methyl sites for hydroxylation is 1. The number of amides is 1. The van der Waals surface area contributed by atoms with Crippen LogP contribution in [0.4, 0.5) is 18.9 Å². The van der Waals surface area contributed by atoms with Crippen molar-refractivity contribution in [3.05, 3.63) is 65.9 Å². The van der Waals surface area contributed by atoms with Gasteiger partial charge in [-0.2, -0.15) is 13.2 Å². The van der Waals surface area contributed by atoms with Crippen LogP contribution >= 0.6 is 0 Å². The topological polar surface area (TPSA) is 123 Å². The molecule has 1 heterocycles. The summed E-state index contributed by atoms with van der Waals surface area (Å²) in [5.41, 5.74) is 9.51. The van der Waals surface area contributed by atoms with Crippen LogP contribution in [-0.2, 0) is 4.79 Å². The summed E-state index contributed by atoms with van der Waals surface area (Å²) in [6.07, 6.45) is -3.24. The Hall–Kier alpha value is -3.73. The summed E-state index contributed by atoms with van der Waals surface area (Å²) in [7, 11) is 0. The first-order chi connectivity index (χ1) is 15.0. The zero-order valence-electron chi connectivity index (χ0n) is 17.3. The van der Waals surface area contributed by atoms with Gasteiger partial charge in [0.25, 0.3) is 5.91 Å². The van der Waals surface area contributed by atoms with Gasteiger partial charge in [0.2, 0.25) is 0 Å². The maximum atomic E-state index is 12.6. The Bertz CT molecular complexity index is 1070. The van der Waals surface area contributed by atoms with Crippen LogP contribution in [0, 0.1) is 6.92 Å². The Labute approximate surface area is 181 Å². The van der Waals surface area contributed by atoms with Crippen molar-refractivity contribution in [2.24, 2.45) is 5.73 Å². The monoisotopic (exact) mass is 449 g/mol. The number of aromatic nitrogens is 3. The number of hydrogen-bond donors (Lipinski definition) is 3. The van der Waals surface area contributed by atoms with Gasteiger partial charge in [-0.25, -0.2) is 9.48 Å². The normalized spacial score (nSPS) is 11.8. The third-order valence-corrected chi connectivity index (χ3v) is 4.36. The van der Waals surface area contributed by atoms with Gasteiger partial charge in [0.1, 0.15) is 5.69 Å². The van der Waals surface area contributed by atoms with E-state index in [1.54, 1.807) is 4.68 Å². The number of rotatable bonds is 5. The first-order valence-electron chi connectivity index (χ1n) is 9.42. The predicted molar refractivity (Wildman–Crippen MR) is 112 cm³/mol. The van der Waals surface area contributed by atoms with Crippen molar-refractivity contribution in [1.82, 2.24) is 15.0 Å². The fourth-order valence-electron chi connectivity index (χ4n) is 2.48. The first-order valence-corrected chi connectivity index (χ1v) is 9.42. The average Bonchev–Trinajstić information content (AvgIpc) is 3.24. The molecule has 0 unspecified atom stereocenters. The van der Waals surface area contributed by atoms with Crippen molar-refractivity contribution >= 4 is 17.6 Å². The second-order valence-electron chi connectivity index (χ2n) is 6.82. The second kappa shape index (κ2) is 10.5. The lowest BCUT2D eigenvalue weighted by molar-refractivity contribution is -0.192. The Morgan fingerprint density at radius 2 is 1.81 bits per heavy atom. The maximum absolute atomic E-state index is 12.6. The number of halogens is 3.